The van der Waals surface area contributed by atoms with Crippen LogP contribution >= 0.6 is 0 Å². The van der Waals surface area contributed by atoms with E-state index in [-0.39, 0.29) is 6.09 Å². The van der Waals surface area contributed by atoms with E-state index in [0.29, 0.717) is 13.1 Å². The van der Waals surface area contributed by atoms with Crippen LogP contribution in [0.3, 0.4) is 0 Å². The maximum atomic E-state index is 12.2. The monoisotopic (exact) mass is 418 g/mol. The van der Waals surface area contributed by atoms with E-state index in [4.69, 9.17) is 9.47 Å². The fraction of sp³-hybridized carbons (Fsp3) is 0.696. The van der Waals surface area contributed by atoms with E-state index in [1.165, 1.54) is 5.69 Å². The lowest BCUT2D eigenvalue weighted by Gasteiger charge is -2.36. The summed E-state index contributed by atoms with van der Waals surface area (Å²) < 4.78 is 11.4. The molecule has 0 radical (unpaired) electrons. The smallest absolute Gasteiger partial charge is 0.410 e. The van der Waals surface area contributed by atoms with Crippen molar-refractivity contribution in [1.82, 2.24) is 14.7 Å². The molecule has 0 spiro atoms. The summed E-state index contributed by atoms with van der Waals surface area (Å²) in [5, 5.41) is 0. The first-order valence-corrected chi connectivity index (χ1v) is 11.2. The highest BCUT2D eigenvalue weighted by Gasteiger charge is 2.25. The number of nitrogens with zero attached hydrogens (tertiary/aromatic N) is 4. The predicted molar refractivity (Wildman–Crippen MR) is 121 cm³/mol. The van der Waals surface area contributed by atoms with Crippen LogP contribution in [-0.4, -0.2) is 99.0 Å². The Morgan fingerprint density at radius 2 is 1.57 bits per heavy atom. The third kappa shape index (κ3) is 7.06. The topological polar surface area (TPSA) is 48.5 Å². The zero-order valence-electron chi connectivity index (χ0n) is 19.1. The number of carbonyl (C=O) groups is 1. The molecular weight excluding hydrogens is 380 g/mol. The number of benzene rings is 1. The molecule has 168 valence electrons. The predicted octanol–water partition coefficient (Wildman–Crippen LogP) is 2.76. The van der Waals surface area contributed by atoms with Crippen molar-refractivity contribution in [3.05, 3.63) is 24.3 Å². The molecule has 0 aliphatic carbocycles. The van der Waals surface area contributed by atoms with Crippen molar-refractivity contribution in [3.63, 3.8) is 0 Å². The molecule has 0 atom stereocenters. The SMILES string of the molecule is CN1CCN(CCCOc2ccc(N3CCN(C(=O)OC(C)(C)C)CC3)cc2)CC1. The molecule has 0 saturated carbocycles. The third-order valence-electron chi connectivity index (χ3n) is 5.62. The van der Waals surface area contributed by atoms with E-state index in [1.54, 1.807) is 4.90 Å². The second kappa shape index (κ2) is 10.4. The van der Waals surface area contributed by atoms with Crippen molar-refractivity contribution >= 4 is 11.8 Å². The van der Waals surface area contributed by atoms with E-state index in [2.05, 4.69) is 33.9 Å². The van der Waals surface area contributed by atoms with Gasteiger partial charge in [-0.3, -0.25) is 0 Å². The van der Waals surface area contributed by atoms with Crippen LogP contribution in [0.15, 0.2) is 24.3 Å². The Morgan fingerprint density at radius 1 is 0.933 bits per heavy atom. The highest BCUT2D eigenvalue weighted by Crippen LogP contribution is 2.21. The van der Waals surface area contributed by atoms with Crippen LogP contribution in [0.2, 0.25) is 0 Å². The van der Waals surface area contributed by atoms with Crippen LogP contribution in [0, 0.1) is 0 Å². The van der Waals surface area contributed by atoms with Gasteiger partial charge >= 0.3 is 6.09 Å². The first-order chi connectivity index (χ1) is 14.3. The van der Waals surface area contributed by atoms with E-state index in [1.807, 2.05) is 32.9 Å². The molecular formula is C23H38N4O3. The number of amides is 1. The molecule has 0 N–H and O–H groups in total. The molecule has 2 heterocycles. The number of likely N-dealkylation sites (N-methyl/N-ethyl adjacent to an activating group) is 1. The molecule has 30 heavy (non-hydrogen) atoms. The molecule has 1 aromatic carbocycles. The zero-order chi connectivity index (χ0) is 21.6. The average Bonchev–Trinajstić information content (AvgIpc) is 2.72. The van der Waals surface area contributed by atoms with Gasteiger partial charge in [0.25, 0.3) is 0 Å². The zero-order valence-corrected chi connectivity index (χ0v) is 19.1. The minimum atomic E-state index is -0.450. The number of carbonyl (C=O) groups excluding carboxylic acids is 1. The minimum Gasteiger partial charge on any atom is -0.494 e. The highest BCUT2D eigenvalue weighted by atomic mass is 16.6. The number of rotatable bonds is 6. The number of anilines is 1. The molecule has 2 aliphatic heterocycles. The Balaban J connectivity index is 1.36. The van der Waals surface area contributed by atoms with Gasteiger partial charge in [-0.15, -0.1) is 0 Å². The van der Waals surface area contributed by atoms with Crippen LogP contribution in [0.4, 0.5) is 10.5 Å². The molecule has 1 aromatic rings. The minimum absolute atomic E-state index is 0.220. The molecule has 0 aromatic heterocycles. The van der Waals surface area contributed by atoms with Gasteiger partial charge in [0.15, 0.2) is 0 Å². The van der Waals surface area contributed by atoms with Crippen LogP contribution < -0.4 is 9.64 Å². The van der Waals surface area contributed by atoms with Gasteiger partial charge in [0, 0.05) is 64.6 Å². The molecule has 2 aliphatic rings. The van der Waals surface area contributed by atoms with Crippen molar-refractivity contribution in [2.45, 2.75) is 32.8 Å². The lowest BCUT2D eigenvalue weighted by molar-refractivity contribution is 0.0240. The second-order valence-electron chi connectivity index (χ2n) is 9.30. The number of piperazine rings is 2. The highest BCUT2D eigenvalue weighted by molar-refractivity contribution is 5.68. The van der Waals surface area contributed by atoms with E-state index in [0.717, 1.165) is 64.6 Å². The van der Waals surface area contributed by atoms with Crippen molar-refractivity contribution in [3.8, 4) is 5.75 Å². The number of hydrogen-bond acceptors (Lipinski definition) is 6. The van der Waals surface area contributed by atoms with E-state index < -0.39 is 5.60 Å². The summed E-state index contributed by atoms with van der Waals surface area (Å²) in [5.41, 5.74) is 0.720. The normalized spacial score (nSPS) is 19.1. The van der Waals surface area contributed by atoms with Gasteiger partial charge < -0.3 is 29.1 Å². The third-order valence-corrected chi connectivity index (χ3v) is 5.62. The molecule has 1 amide bonds. The largest absolute Gasteiger partial charge is 0.494 e. The summed E-state index contributed by atoms with van der Waals surface area (Å²) in [5.74, 6) is 0.921. The van der Waals surface area contributed by atoms with Gasteiger partial charge in [-0.2, -0.15) is 0 Å². The standard InChI is InChI=1S/C23H38N4O3/c1-23(2,3)30-22(28)27-17-15-26(16-18-27)20-6-8-21(9-7-20)29-19-5-10-25-13-11-24(4)12-14-25/h6-9H,5,10-19H2,1-4H3. The molecule has 0 unspecified atom stereocenters. The first kappa shape index (κ1) is 22.7. The van der Waals surface area contributed by atoms with Gasteiger partial charge in [0.1, 0.15) is 11.4 Å². The number of hydrogen-bond donors (Lipinski definition) is 0. The van der Waals surface area contributed by atoms with Crippen LogP contribution in [0.5, 0.6) is 5.75 Å². The lowest BCUT2D eigenvalue weighted by atomic mass is 10.2. The van der Waals surface area contributed by atoms with Crippen LogP contribution in [0.25, 0.3) is 0 Å². The summed E-state index contributed by atoms with van der Waals surface area (Å²) in [6, 6.07) is 8.31. The summed E-state index contributed by atoms with van der Waals surface area (Å²) >= 11 is 0. The second-order valence-corrected chi connectivity index (χ2v) is 9.30. The molecule has 0 bridgehead atoms. The quantitative estimate of drug-likeness (QED) is 0.662. The maximum Gasteiger partial charge on any atom is 0.410 e. The Kier molecular flexibility index (Phi) is 7.83. The first-order valence-electron chi connectivity index (χ1n) is 11.2. The van der Waals surface area contributed by atoms with Crippen molar-refractivity contribution in [1.29, 1.82) is 0 Å². The van der Waals surface area contributed by atoms with Gasteiger partial charge in [-0.1, -0.05) is 0 Å². The van der Waals surface area contributed by atoms with E-state index in [9.17, 15) is 4.79 Å². The molecule has 2 fully saturated rings. The number of ether oxygens (including phenoxy) is 2. The molecule has 2 saturated heterocycles. The molecule has 7 heteroatoms. The fourth-order valence-electron chi connectivity index (χ4n) is 3.78. The summed E-state index contributed by atoms with van der Waals surface area (Å²) in [6.07, 6.45) is 0.834. The summed E-state index contributed by atoms with van der Waals surface area (Å²) in [7, 11) is 2.19. The van der Waals surface area contributed by atoms with E-state index >= 15 is 0 Å². The average molecular weight is 419 g/mol. The Hall–Kier alpha value is -1.99. The van der Waals surface area contributed by atoms with Gasteiger partial charge in [0.2, 0.25) is 0 Å². The lowest BCUT2D eigenvalue weighted by Crippen LogP contribution is -2.50. The van der Waals surface area contributed by atoms with Gasteiger partial charge in [-0.25, -0.2) is 4.79 Å². The molecule has 3 rings (SSSR count). The van der Waals surface area contributed by atoms with Crippen molar-refractivity contribution < 1.29 is 14.3 Å². The van der Waals surface area contributed by atoms with Crippen LogP contribution in [0.1, 0.15) is 27.2 Å². The van der Waals surface area contributed by atoms with Crippen molar-refractivity contribution in [2.75, 3.05) is 77.5 Å². The Labute approximate surface area is 181 Å². The summed E-state index contributed by atoms with van der Waals surface area (Å²) in [4.78, 5) is 21.2. The van der Waals surface area contributed by atoms with Crippen LogP contribution in [-0.2, 0) is 4.74 Å². The maximum absolute atomic E-state index is 12.2. The van der Waals surface area contributed by atoms with Gasteiger partial charge in [0.05, 0.1) is 6.61 Å². The van der Waals surface area contributed by atoms with Gasteiger partial charge in [-0.05, 0) is 58.5 Å². The molecule has 7 nitrogen and oxygen atoms in total. The van der Waals surface area contributed by atoms with Crippen molar-refractivity contribution in [2.24, 2.45) is 0 Å². The Bertz CT molecular complexity index is 658. The Morgan fingerprint density at radius 3 is 2.17 bits per heavy atom. The summed E-state index contributed by atoms with van der Waals surface area (Å²) in [6.45, 7) is 15.2. The fourth-order valence-corrected chi connectivity index (χ4v) is 3.78.